The summed E-state index contributed by atoms with van der Waals surface area (Å²) in [7, 11) is 0. The van der Waals surface area contributed by atoms with E-state index in [2.05, 4.69) is 31.1 Å². The summed E-state index contributed by atoms with van der Waals surface area (Å²) in [4.78, 5) is 4.18. The molecule has 1 saturated carbocycles. The fourth-order valence-electron chi connectivity index (χ4n) is 2.43. The van der Waals surface area contributed by atoms with Crippen molar-refractivity contribution in [2.45, 2.75) is 58.5 Å². The van der Waals surface area contributed by atoms with Gasteiger partial charge in [0, 0.05) is 23.8 Å². The molecule has 1 aliphatic rings. The van der Waals surface area contributed by atoms with Crippen LogP contribution in [0, 0.1) is 5.92 Å². The summed E-state index contributed by atoms with van der Waals surface area (Å²) in [6, 6.07) is 2.04. The van der Waals surface area contributed by atoms with Crippen molar-refractivity contribution < 1.29 is 4.74 Å². The zero-order chi connectivity index (χ0) is 13.7. The number of aromatic nitrogens is 1. The second kappa shape index (κ2) is 6.38. The van der Waals surface area contributed by atoms with E-state index in [4.69, 9.17) is 4.74 Å². The Morgan fingerprint density at radius 2 is 2.05 bits per heavy atom. The Hall–Kier alpha value is -1.09. The largest absolute Gasteiger partial charge is 0.491 e. The highest BCUT2D eigenvalue weighted by molar-refractivity contribution is 5.29. The zero-order valence-corrected chi connectivity index (χ0v) is 12.4. The van der Waals surface area contributed by atoms with Gasteiger partial charge in [0.05, 0.1) is 12.8 Å². The molecular weight excluding hydrogens is 236 g/mol. The van der Waals surface area contributed by atoms with Crippen LogP contribution < -0.4 is 10.1 Å². The highest BCUT2D eigenvalue weighted by Gasteiger charge is 2.16. The Bertz CT molecular complexity index is 392. The lowest BCUT2D eigenvalue weighted by molar-refractivity contribution is 0.248. The molecular formula is C16H26N2O. The fourth-order valence-corrected chi connectivity index (χ4v) is 2.43. The van der Waals surface area contributed by atoms with Crippen molar-refractivity contribution in [1.29, 1.82) is 0 Å². The van der Waals surface area contributed by atoms with Crippen molar-refractivity contribution in [2.24, 2.45) is 5.92 Å². The number of hydrogen-bond acceptors (Lipinski definition) is 3. The molecule has 1 heterocycles. The third kappa shape index (κ3) is 4.83. The Morgan fingerprint density at radius 3 is 2.74 bits per heavy atom. The van der Waals surface area contributed by atoms with Crippen LogP contribution in [-0.4, -0.2) is 17.1 Å². The Kier molecular flexibility index (Phi) is 4.81. The first-order valence-electron chi connectivity index (χ1n) is 7.35. The summed E-state index contributed by atoms with van der Waals surface area (Å²) >= 11 is 0. The molecule has 1 aromatic rings. The number of nitrogens with zero attached hydrogens (tertiary/aromatic N) is 1. The van der Waals surface area contributed by atoms with Crippen LogP contribution in [0.15, 0.2) is 18.5 Å². The van der Waals surface area contributed by atoms with E-state index in [0.717, 1.165) is 24.8 Å². The van der Waals surface area contributed by atoms with Crippen molar-refractivity contribution in [1.82, 2.24) is 10.3 Å². The lowest BCUT2D eigenvalue weighted by atomic mass is 10.1. The van der Waals surface area contributed by atoms with E-state index in [1.54, 1.807) is 0 Å². The summed E-state index contributed by atoms with van der Waals surface area (Å²) in [6.45, 7) is 8.19. The van der Waals surface area contributed by atoms with Crippen LogP contribution in [0.3, 0.4) is 0 Å². The minimum atomic E-state index is 0.117. The molecule has 0 saturated heterocycles. The molecule has 0 aromatic carbocycles. The van der Waals surface area contributed by atoms with Gasteiger partial charge in [-0.15, -0.1) is 0 Å². The first-order valence-corrected chi connectivity index (χ1v) is 7.35. The molecule has 0 bridgehead atoms. The van der Waals surface area contributed by atoms with Crippen LogP contribution in [0.5, 0.6) is 5.75 Å². The van der Waals surface area contributed by atoms with E-state index >= 15 is 0 Å². The predicted molar refractivity (Wildman–Crippen MR) is 78.3 cm³/mol. The van der Waals surface area contributed by atoms with Gasteiger partial charge in [-0.3, -0.25) is 4.98 Å². The number of rotatable bonds is 5. The second-order valence-electron chi connectivity index (χ2n) is 6.55. The number of pyridine rings is 1. The minimum Gasteiger partial charge on any atom is -0.491 e. The van der Waals surface area contributed by atoms with E-state index in [-0.39, 0.29) is 5.54 Å². The van der Waals surface area contributed by atoms with Gasteiger partial charge >= 0.3 is 0 Å². The maximum absolute atomic E-state index is 5.98. The molecule has 0 amide bonds. The van der Waals surface area contributed by atoms with Crippen molar-refractivity contribution in [3.8, 4) is 5.75 Å². The molecule has 0 radical (unpaired) electrons. The second-order valence-corrected chi connectivity index (χ2v) is 6.55. The topological polar surface area (TPSA) is 34.2 Å². The fraction of sp³-hybridized carbons (Fsp3) is 0.688. The van der Waals surface area contributed by atoms with Gasteiger partial charge in [0.15, 0.2) is 0 Å². The third-order valence-corrected chi connectivity index (χ3v) is 3.63. The van der Waals surface area contributed by atoms with Gasteiger partial charge < -0.3 is 10.1 Å². The van der Waals surface area contributed by atoms with Crippen molar-refractivity contribution in [3.05, 3.63) is 24.0 Å². The van der Waals surface area contributed by atoms with Gasteiger partial charge in [-0.1, -0.05) is 12.8 Å². The van der Waals surface area contributed by atoms with Crippen LogP contribution in [0.1, 0.15) is 52.0 Å². The standard InChI is InChI=1S/C16H26N2O/c1-16(2,3)18-10-14-8-9-17-11-15(14)19-12-13-6-4-5-7-13/h8-9,11,13,18H,4-7,10,12H2,1-3H3. The van der Waals surface area contributed by atoms with Crippen molar-refractivity contribution in [3.63, 3.8) is 0 Å². The van der Waals surface area contributed by atoms with Gasteiger partial charge in [0.2, 0.25) is 0 Å². The van der Waals surface area contributed by atoms with Crippen LogP contribution in [-0.2, 0) is 6.54 Å². The average molecular weight is 262 g/mol. The van der Waals surface area contributed by atoms with E-state index in [1.165, 1.54) is 31.2 Å². The lowest BCUT2D eigenvalue weighted by Crippen LogP contribution is -2.35. The van der Waals surface area contributed by atoms with E-state index in [0.29, 0.717) is 0 Å². The van der Waals surface area contributed by atoms with Crippen molar-refractivity contribution >= 4 is 0 Å². The van der Waals surface area contributed by atoms with Gasteiger partial charge in [0.1, 0.15) is 5.75 Å². The summed E-state index contributed by atoms with van der Waals surface area (Å²) in [5.41, 5.74) is 1.31. The molecule has 106 valence electrons. The molecule has 0 atom stereocenters. The first-order chi connectivity index (χ1) is 9.04. The number of hydrogen-bond donors (Lipinski definition) is 1. The van der Waals surface area contributed by atoms with Gasteiger partial charge in [-0.05, 0) is 45.6 Å². The van der Waals surface area contributed by atoms with E-state index in [9.17, 15) is 0 Å². The third-order valence-electron chi connectivity index (χ3n) is 3.63. The zero-order valence-electron chi connectivity index (χ0n) is 12.4. The molecule has 1 aliphatic carbocycles. The maximum atomic E-state index is 5.98. The van der Waals surface area contributed by atoms with E-state index < -0.39 is 0 Å². The molecule has 1 aromatic heterocycles. The van der Waals surface area contributed by atoms with Crippen LogP contribution in [0.25, 0.3) is 0 Å². The molecule has 0 unspecified atom stereocenters. The van der Waals surface area contributed by atoms with Gasteiger partial charge in [-0.25, -0.2) is 0 Å². The Morgan fingerprint density at radius 1 is 1.32 bits per heavy atom. The van der Waals surface area contributed by atoms with E-state index in [1.807, 2.05) is 18.5 Å². The monoisotopic (exact) mass is 262 g/mol. The maximum Gasteiger partial charge on any atom is 0.142 e. The summed E-state index contributed by atoms with van der Waals surface area (Å²) < 4.78 is 5.98. The summed E-state index contributed by atoms with van der Waals surface area (Å²) in [5.74, 6) is 1.68. The van der Waals surface area contributed by atoms with Gasteiger partial charge in [0.25, 0.3) is 0 Å². The molecule has 2 rings (SSSR count). The summed E-state index contributed by atoms with van der Waals surface area (Å²) in [6.07, 6.45) is 9.03. The number of ether oxygens (including phenoxy) is 1. The SMILES string of the molecule is CC(C)(C)NCc1ccncc1OCC1CCCC1. The average Bonchev–Trinajstić information content (AvgIpc) is 2.87. The quantitative estimate of drug-likeness (QED) is 0.881. The molecule has 1 N–H and O–H groups in total. The Labute approximate surface area is 116 Å². The smallest absolute Gasteiger partial charge is 0.142 e. The van der Waals surface area contributed by atoms with Crippen LogP contribution in [0.2, 0.25) is 0 Å². The highest BCUT2D eigenvalue weighted by atomic mass is 16.5. The molecule has 1 fully saturated rings. The lowest BCUT2D eigenvalue weighted by Gasteiger charge is -2.22. The molecule has 19 heavy (non-hydrogen) atoms. The molecule has 0 aliphatic heterocycles. The molecule has 0 spiro atoms. The van der Waals surface area contributed by atoms with Gasteiger partial charge in [-0.2, -0.15) is 0 Å². The highest BCUT2D eigenvalue weighted by Crippen LogP contribution is 2.26. The molecule has 3 nitrogen and oxygen atoms in total. The first kappa shape index (κ1) is 14.3. The minimum absolute atomic E-state index is 0.117. The predicted octanol–water partition coefficient (Wildman–Crippen LogP) is 3.54. The Balaban J connectivity index is 1.91. The van der Waals surface area contributed by atoms with Crippen LogP contribution >= 0.6 is 0 Å². The normalized spacial score (nSPS) is 16.8. The number of nitrogens with one attached hydrogen (secondary N) is 1. The van der Waals surface area contributed by atoms with Crippen molar-refractivity contribution in [2.75, 3.05) is 6.61 Å². The van der Waals surface area contributed by atoms with Crippen LogP contribution in [0.4, 0.5) is 0 Å². The molecule has 3 heteroatoms. The summed E-state index contributed by atoms with van der Waals surface area (Å²) in [5, 5.41) is 3.50.